The van der Waals surface area contributed by atoms with E-state index in [1.807, 2.05) is 0 Å². The highest BCUT2D eigenvalue weighted by Crippen LogP contribution is 2.48. The predicted molar refractivity (Wildman–Crippen MR) is 133 cm³/mol. The first-order chi connectivity index (χ1) is 16.2. The van der Waals surface area contributed by atoms with Gasteiger partial charge in [0.15, 0.2) is 0 Å². The van der Waals surface area contributed by atoms with Crippen LogP contribution in [-0.4, -0.2) is 57.8 Å². The lowest BCUT2D eigenvalue weighted by Crippen LogP contribution is -2.48. The Bertz CT molecular complexity index is 1100. The number of hydrogen-bond acceptors (Lipinski definition) is 5. The summed E-state index contributed by atoms with van der Waals surface area (Å²) in [7, 11) is 0. The molecule has 2 aliphatic carbocycles. The van der Waals surface area contributed by atoms with E-state index in [4.69, 9.17) is 0 Å². The summed E-state index contributed by atoms with van der Waals surface area (Å²) < 4.78 is 0. The molecule has 1 N–H and O–H groups in total. The molecule has 33 heavy (non-hydrogen) atoms. The van der Waals surface area contributed by atoms with Crippen molar-refractivity contribution in [3.8, 4) is 11.4 Å². The number of aromatic nitrogens is 4. The van der Waals surface area contributed by atoms with E-state index in [1.165, 1.54) is 62.4 Å². The topological polar surface area (TPSA) is 60.9 Å². The largest absolute Gasteiger partial charge is 0.354 e. The van der Waals surface area contributed by atoms with E-state index < -0.39 is 0 Å². The van der Waals surface area contributed by atoms with Gasteiger partial charge in [-0.15, -0.1) is 0 Å². The van der Waals surface area contributed by atoms with Crippen molar-refractivity contribution >= 4 is 16.7 Å². The van der Waals surface area contributed by atoms with Crippen molar-refractivity contribution in [2.45, 2.75) is 58.3 Å². The Hall–Kier alpha value is -2.47. The van der Waals surface area contributed by atoms with Gasteiger partial charge in [-0.05, 0) is 61.1 Å². The van der Waals surface area contributed by atoms with E-state index in [9.17, 15) is 0 Å². The van der Waals surface area contributed by atoms with E-state index in [0.29, 0.717) is 5.41 Å². The lowest BCUT2D eigenvalue weighted by atomic mass is 9.89. The van der Waals surface area contributed by atoms with Crippen molar-refractivity contribution in [1.29, 1.82) is 0 Å². The van der Waals surface area contributed by atoms with Gasteiger partial charge in [-0.25, -0.2) is 9.97 Å². The van der Waals surface area contributed by atoms with Crippen LogP contribution in [0, 0.1) is 11.3 Å². The minimum atomic E-state index is 0.499. The molecular weight excluding hydrogens is 408 g/mol. The molecule has 3 aliphatic rings. The van der Waals surface area contributed by atoms with Gasteiger partial charge < -0.3 is 4.90 Å². The molecule has 0 spiro atoms. The molecule has 1 aliphatic heterocycles. The van der Waals surface area contributed by atoms with E-state index >= 15 is 0 Å². The number of nitrogens with zero attached hydrogens (tertiary/aromatic N) is 5. The summed E-state index contributed by atoms with van der Waals surface area (Å²) in [6, 6.07) is 8.84. The summed E-state index contributed by atoms with van der Waals surface area (Å²) in [6.45, 7) is 8.00. The molecule has 3 fully saturated rings. The van der Waals surface area contributed by atoms with E-state index in [1.54, 1.807) is 6.33 Å². The predicted octanol–water partition coefficient (Wildman–Crippen LogP) is 5.06. The molecule has 1 saturated heterocycles. The van der Waals surface area contributed by atoms with Gasteiger partial charge in [0.2, 0.25) is 0 Å². The van der Waals surface area contributed by atoms with Gasteiger partial charge >= 0.3 is 0 Å². The van der Waals surface area contributed by atoms with Crippen LogP contribution in [-0.2, 0) is 6.42 Å². The molecule has 0 amide bonds. The fourth-order valence-electron chi connectivity index (χ4n) is 5.79. The van der Waals surface area contributed by atoms with Gasteiger partial charge in [0, 0.05) is 44.2 Å². The van der Waals surface area contributed by atoms with Crippen LogP contribution >= 0.6 is 0 Å². The summed E-state index contributed by atoms with van der Waals surface area (Å²) in [5.74, 6) is 1.94. The molecule has 1 aromatic carbocycles. The number of anilines is 1. The van der Waals surface area contributed by atoms with Crippen molar-refractivity contribution in [2.75, 3.05) is 37.6 Å². The molecule has 2 aromatic heterocycles. The summed E-state index contributed by atoms with van der Waals surface area (Å²) in [5.41, 5.74) is 4.82. The van der Waals surface area contributed by atoms with Gasteiger partial charge in [-0.3, -0.25) is 10.00 Å². The molecule has 2 saturated carbocycles. The van der Waals surface area contributed by atoms with E-state index in [2.05, 4.69) is 61.2 Å². The highest BCUT2D eigenvalue weighted by molar-refractivity contribution is 5.92. The van der Waals surface area contributed by atoms with Gasteiger partial charge in [-0.1, -0.05) is 32.3 Å². The molecule has 6 rings (SSSR count). The molecule has 0 unspecified atom stereocenters. The van der Waals surface area contributed by atoms with E-state index in [0.717, 1.165) is 61.2 Å². The second-order valence-electron chi connectivity index (χ2n) is 11.0. The molecule has 174 valence electrons. The van der Waals surface area contributed by atoms with Crippen LogP contribution < -0.4 is 4.90 Å². The molecule has 0 bridgehead atoms. The Morgan fingerprint density at radius 3 is 2.61 bits per heavy atom. The Kier molecular flexibility index (Phi) is 5.57. The first-order valence-electron chi connectivity index (χ1n) is 12.9. The first kappa shape index (κ1) is 21.1. The Morgan fingerprint density at radius 1 is 1.00 bits per heavy atom. The summed E-state index contributed by atoms with van der Waals surface area (Å²) in [4.78, 5) is 14.3. The van der Waals surface area contributed by atoms with Crippen LogP contribution in [0.4, 0.5) is 5.82 Å². The monoisotopic (exact) mass is 444 g/mol. The molecule has 3 heterocycles. The number of fused-ring (bicyclic) bond motifs is 1. The van der Waals surface area contributed by atoms with Crippen LogP contribution in [0.25, 0.3) is 22.3 Å². The van der Waals surface area contributed by atoms with Crippen LogP contribution in [0.15, 0.2) is 30.6 Å². The zero-order valence-electron chi connectivity index (χ0n) is 19.9. The molecular formula is C27H36N6. The van der Waals surface area contributed by atoms with Crippen molar-refractivity contribution < 1.29 is 0 Å². The SMILES string of the molecule is CC1(Cc2ccc3[nH]nc(-c4cc(N5CCN(CC6CCCCC6)CC5)ncn4)c3c2)CC1. The zero-order valence-corrected chi connectivity index (χ0v) is 19.9. The number of nitrogens with one attached hydrogen (secondary N) is 1. The smallest absolute Gasteiger partial charge is 0.132 e. The Balaban J connectivity index is 1.16. The van der Waals surface area contributed by atoms with Crippen LogP contribution in [0.2, 0.25) is 0 Å². The lowest BCUT2D eigenvalue weighted by molar-refractivity contribution is 0.192. The highest BCUT2D eigenvalue weighted by atomic mass is 15.3. The Labute approximate surface area is 196 Å². The summed E-state index contributed by atoms with van der Waals surface area (Å²) in [6.07, 6.45) is 12.7. The minimum absolute atomic E-state index is 0.499. The maximum Gasteiger partial charge on any atom is 0.132 e. The van der Waals surface area contributed by atoms with Crippen LogP contribution in [0.1, 0.15) is 57.4 Å². The second kappa shape index (κ2) is 8.71. The fraction of sp³-hybridized carbons (Fsp3) is 0.593. The van der Waals surface area contributed by atoms with Gasteiger partial charge in [0.05, 0.1) is 11.2 Å². The maximum atomic E-state index is 4.64. The number of H-pyrrole nitrogens is 1. The quantitative estimate of drug-likeness (QED) is 0.575. The van der Waals surface area contributed by atoms with Crippen molar-refractivity contribution in [2.24, 2.45) is 11.3 Å². The fourth-order valence-corrected chi connectivity index (χ4v) is 5.79. The Morgan fingerprint density at radius 2 is 1.82 bits per heavy atom. The van der Waals surface area contributed by atoms with Crippen LogP contribution in [0.5, 0.6) is 0 Å². The number of piperazine rings is 1. The highest BCUT2D eigenvalue weighted by Gasteiger charge is 2.37. The van der Waals surface area contributed by atoms with Gasteiger partial charge in [0.25, 0.3) is 0 Å². The zero-order chi connectivity index (χ0) is 22.3. The minimum Gasteiger partial charge on any atom is -0.354 e. The number of rotatable bonds is 6. The second-order valence-corrected chi connectivity index (χ2v) is 11.0. The molecule has 6 heteroatoms. The summed E-state index contributed by atoms with van der Waals surface area (Å²) >= 11 is 0. The molecule has 0 atom stereocenters. The molecule has 6 nitrogen and oxygen atoms in total. The first-order valence-corrected chi connectivity index (χ1v) is 12.9. The number of benzene rings is 1. The average molecular weight is 445 g/mol. The standard InChI is InChI=1S/C27H36N6/c1-27(9-10-27)17-21-7-8-23-22(15-21)26(31-30-23)24-16-25(29-19-28-24)33-13-11-32(12-14-33)18-20-5-3-2-4-6-20/h7-8,15-16,19-20H,2-6,9-14,17-18H2,1H3,(H,30,31). The van der Waals surface area contributed by atoms with Crippen molar-refractivity contribution in [3.05, 3.63) is 36.2 Å². The normalized spacial score (nSPS) is 21.5. The van der Waals surface area contributed by atoms with Crippen molar-refractivity contribution in [1.82, 2.24) is 25.1 Å². The molecule has 3 aromatic rings. The number of hydrogen-bond donors (Lipinski definition) is 1. The summed E-state index contributed by atoms with van der Waals surface area (Å²) in [5, 5.41) is 9.01. The third kappa shape index (κ3) is 4.63. The molecule has 0 radical (unpaired) electrons. The van der Waals surface area contributed by atoms with E-state index in [-0.39, 0.29) is 0 Å². The van der Waals surface area contributed by atoms with Crippen molar-refractivity contribution in [3.63, 3.8) is 0 Å². The van der Waals surface area contributed by atoms with Gasteiger partial charge in [-0.2, -0.15) is 5.10 Å². The number of aromatic amines is 1. The third-order valence-corrected chi connectivity index (χ3v) is 8.19. The average Bonchev–Trinajstić information content (AvgIpc) is 3.42. The third-order valence-electron chi connectivity index (χ3n) is 8.19. The lowest BCUT2D eigenvalue weighted by Gasteiger charge is -2.37. The maximum absolute atomic E-state index is 4.64. The van der Waals surface area contributed by atoms with Crippen LogP contribution in [0.3, 0.4) is 0 Å². The van der Waals surface area contributed by atoms with Gasteiger partial charge in [0.1, 0.15) is 17.8 Å².